The van der Waals surface area contributed by atoms with Gasteiger partial charge in [-0.1, -0.05) is 20.8 Å². The van der Waals surface area contributed by atoms with E-state index in [0.29, 0.717) is 5.41 Å². The molecule has 1 N–H and O–H groups in total. The summed E-state index contributed by atoms with van der Waals surface area (Å²) in [5.41, 5.74) is 0.380. The van der Waals surface area contributed by atoms with E-state index < -0.39 is 0 Å². The second-order valence-corrected chi connectivity index (χ2v) is 4.71. The van der Waals surface area contributed by atoms with E-state index in [1.807, 2.05) is 7.05 Å². The lowest BCUT2D eigenvalue weighted by atomic mass is 9.92. The zero-order valence-corrected chi connectivity index (χ0v) is 9.41. The van der Waals surface area contributed by atoms with Gasteiger partial charge in [-0.3, -0.25) is 0 Å². The van der Waals surface area contributed by atoms with Crippen molar-refractivity contribution in [1.29, 1.82) is 0 Å². The van der Waals surface area contributed by atoms with Crippen molar-refractivity contribution < 1.29 is 0 Å². The van der Waals surface area contributed by atoms with Crippen LogP contribution in [-0.4, -0.2) is 26.8 Å². The molecule has 0 aliphatic heterocycles. The molecule has 5 heteroatoms. The first-order valence-electron chi connectivity index (χ1n) is 4.91. The molecule has 80 valence electrons. The van der Waals surface area contributed by atoms with Crippen LogP contribution in [0.5, 0.6) is 0 Å². The zero-order valence-electron chi connectivity index (χ0n) is 9.41. The highest BCUT2D eigenvalue weighted by Gasteiger charge is 2.09. The topological polar surface area (TPSA) is 55.6 Å². The van der Waals surface area contributed by atoms with Crippen LogP contribution in [0.1, 0.15) is 33.0 Å². The van der Waals surface area contributed by atoms with Gasteiger partial charge in [0.2, 0.25) is 0 Å². The van der Waals surface area contributed by atoms with Crippen LogP contribution in [0.15, 0.2) is 0 Å². The highest BCUT2D eigenvalue weighted by atomic mass is 15.5. The molecule has 1 heterocycles. The molecule has 0 aliphatic carbocycles. The summed E-state index contributed by atoms with van der Waals surface area (Å²) in [6.45, 7) is 8.44. The third-order valence-corrected chi connectivity index (χ3v) is 2.04. The van der Waals surface area contributed by atoms with Crippen LogP contribution in [0, 0.1) is 5.41 Å². The van der Waals surface area contributed by atoms with E-state index in [4.69, 9.17) is 0 Å². The lowest BCUT2D eigenvalue weighted by Crippen LogP contribution is -2.21. The van der Waals surface area contributed by atoms with Crippen LogP contribution >= 0.6 is 0 Å². The summed E-state index contributed by atoms with van der Waals surface area (Å²) in [6.07, 6.45) is 1.15. The summed E-state index contributed by atoms with van der Waals surface area (Å²) in [5, 5.41) is 14.5. The van der Waals surface area contributed by atoms with Gasteiger partial charge in [0.25, 0.3) is 0 Å². The number of nitrogens with zero attached hydrogens (tertiary/aromatic N) is 4. The van der Waals surface area contributed by atoms with Gasteiger partial charge in [0, 0.05) is 7.05 Å². The Bertz CT molecular complexity index is 273. The monoisotopic (exact) mass is 197 g/mol. The van der Waals surface area contributed by atoms with Crippen LogP contribution in [0.3, 0.4) is 0 Å². The van der Waals surface area contributed by atoms with Gasteiger partial charge in [-0.2, -0.15) is 0 Å². The summed E-state index contributed by atoms with van der Waals surface area (Å²) >= 11 is 0. The van der Waals surface area contributed by atoms with Gasteiger partial charge < -0.3 is 5.32 Å². The number of aromatic nitrogens is 4. The molecule has 0 unspecified atom stereocenters. The van der Waals surface area contributed by atoms with Crippen LogP contribution in [0.4, 0.5) is 0 Å². The predicted octanol–water partition coefficient (Wildman–Crippen LogP) is 0.736. The fourth-order valence-corrected chi connectivity index (χ4v) is 1.06. The number of nitrogens with one attached hydrogen (secondary N) is 1. The van der Waals surface area contributed by atoms with Gasteiger partial charge in [-0.25, -0.2) is 4.68 Å². The van der Waals surface area contributed by atoms with E-state index in [9.17, 15) is 0 Å². The smallest absolute Gasteiger partial charge is 0.164 e. The first kappa shape index (κ1) is 11.1. The minimum Gasteiger partial charge on any atom is -0.310 e. The van der Waals surface area contributed by atoms with E-state index in [0.717, 1.165) is 25.3 Å². The van der Waals surface area contributed by atoms with Gasteiger partial charge in [0.1, 0.15) is 0 Å². The Hall–Kier alpha value is -0.970. The molecule has 0 fully saturated rings. The number of aryl methyl sites for hydroxylation is 1. The zero-order chi connectivity index (χ0) is 10.6. The third kappa shape index (κ3) is 3.83. The average molecular weight is 197 g/mol. The predicted molar refractivity (Wildman–Crippen MR) is 54.6 cm³/mol. The van der Waals surface area contributed by atoms with E-state index in [-0.39, 0.29) is 0 Å². The molecular weight excluding hydrogens is 178 g/mol. The molecular formula is C9H19N5. The van der Waals surface area contributed by atoms with Crippen LogP contribution in [0.25, 0.3) is 0 Å². The largest absolute Gasteiger partial charge is 0.310 e. The van der Waals surface area contributed by atoms with Crippen molar-refractivity contribution in [1.82, 2.24) is 25.5 Å². The Morgan fingerprint density at radius 1 is 1.36 bits per heavy atom. The van der Waals surface area contributed by atoms with Crippen LogP contribution < -0.4 is 5.32 Å². The first-order chi connectivity index (χ1) is 6.49. The molecule has 1 aromatic heterocycles. The fourth-order valence-electron chi connectivity index (χ4n) is 1.06. The fraction of sp³-hybridized carbons (Fsp3) is 0.889. The molecule has 0 aromatic carbocycles. The SMILES string of the molecule is Cn1nnnc1CNCCC(C)(C)C. The number of tetrazole rings is 1. The molecule has 5 nitrogen and oxygen atoms in total. The lowest BCUT2D eigenvalue weighted by Gasteiger charge is -2.17. The van der Waals surface area contributed by atoms with Crippen LogP contribution in [0.2, 0.25) is 0 Å². The highest BCUT2D eigenvalue weighted by molar-refractivity contribution is 4.78. The summed E-state index contributed by atoms with van der Waals surface area (Å²) in [5.74, 6) is 0.874. The Morgan fingerprint density at radius 3 is 2.57 bits per heavy atom. The van der Waals surface area contributed by atoms with E-state index in [1.165, 1.54) is 0 Å². The van der Waals surface area contributed by atoms with Crippen molar-refractivity contribution >= 4 is 0 Å². The van der Waals surface area contributed by atoms with Crippen molar-refractivity contribution in [2.45, 2.75) is 33.7 Å². The lowest BCUT2D eigenvalue weighted by molar-refractivity contribution is 0.365. The maximum absolute atomic E-state index is 3.89. The summed E-state index contributed by atoms with van der Waals surface area (Å²) in [4.78, 5) is 0. The van der Waals surface area contributed by atoms with Crippen LogP contribution in [-0.2, 0) is 13.6 Å². The normalized spacial score (nSPS) is 12.0. The van der Waals surface area contributed by atoms with Gasteiger partial charge in [-0.15, -0.1) is 5.10 Å². The van der Waals surface area contributed by atoms with E-state index in [2.05, 4.69) is 41.6 Å². The van der Waals surface area contributed by atoms with Gasteiger partial charge in [0.15, 0.2) is 5.82 Å². The van der Waals surface area contributed by atoms with Crippen molar-refractivity contribution in [3.8, 4) is 0 Å². The second kappa shape index (κ2) is 4.50. The van der Waals surface area contributed by atoms with Crippen molar-refractivity contribution in [3.63, 3.8) is 0 Å². The standard InChI is InChI=1S/C9H19N5/c1-9(2,3)5-6-10-7-8-11-12-13-14(8)4/h10H,5-7H2,1-4H3. The van der Waals surface area contributed by atoms with E-state index >= 15 is 0 Å². The Kier molecular flexibility index (Phi) is 3.57. The minimum absolute atomic E-state index is 0.380. The van der Waals surface area contributed by atoms with Gasteiger partial charge >= 0.3 is 0 Å². The molecule has 0 amide bonds. The molecule has 14 heavy (non-hydrogen) atoms. The van der Waals surface area contributed by atoms with Crippen molar-refractivity contribution in [2.24, 2.45) is 12.5 Å². The Balaban J connectivity index is 2.20. The third-order valence-electron chi connectivity index (χ3n) is 2.04. The maximum atomic E-state index is 3.89. The molecule has 0 radical (unpaired) electrons. The number of rotatable bonds is 4. The molecule has 1 rings (SSSR count). The maximum Gasteiger partial charge on any atom is 0.164 e. The molecule has 0 aliphatic rings. The van der Waals surface area contributed by atoms with Gasteiger partial charge in [0.05, 0.1) is 6.54 Å². The summed E-state index contributed by atoms with van der Waals surface area (Å²) < 4.78 is 1.68. The van der Waals surface area contributed by atoms with Gasteiger partial charge in [-0.05, 0) is 28.8 Å². The quantitative estimate of drug-likeness (QED) is 0.723. The highest BCUT2D eigenvalue weighted by Crippen LogP contribution is 2.16. The number of hydrogen-bond donors (Lipinski definition) is 1. The average Bonchev–Trinajstić information content (AvgIpc) is 2.44. The first-order valence-corrected chi connectivity index (χ1v) is 4.91. The second-order valence-electron chi connectivity index (χ2n) is 4.71. The number of hydrogen-bond acceptors (Lipinski definition) is 4. The van der Waals surface area contributed by atoms with E-state index in [1.54, 1.807) is 4.68 Å². The van der Waals surface area contributed by atoms with Crippen molar-refractivity contribution in [3.05, 3.63) is 5.82 Å². The molecule has 0 spiro atoms. The molecule has 0 saturated carbocycles. The molecule has 0 bridgehead atoms. The van der Waals surface area contributed by atoms with Crippen molar-refractivity contribution in [2.75, 3.05) is 6.54 Å². The summed E-state index contributed by atoms with van der Waals surface area (Å²) in [7, 11) is 1.85. The molecule has 0 atom stereocenters. The Morgan fingerprint density at radius 2 is 2.07 bits per heavy atom. The summed E-state index contributed by atoms with van der Waals surface area (Å²) in [6, 6.07) is 0. The Labute approximate surface area is 84.9 Å². The molecule has 1 aromatic rings. The minimum atomic E-state index is 0.380. The molecule has 0 saturated heterocycles.